The summed E-state index contributed by atoms with van der Waals surface area (Å²) in [5, 5.41) is 3.31. The van der Waals surface area contributed by atoms with Crippen LogP contribution in [0.4, 0.5) is 0 Å². The molecule has 0 aromatic heterocycles. The summed E-state index contributed by atoms with van der Waals surface area (Å²) in [6.45, 7) is 9.74. The number of benzene rings is 4. The maximum absolute atomic E-state index is 4.62. The molecule has 0 saturated heterocycles. The van der Waals surface area contributed by atoms with Gasteiger partial charge in [-0.15, -0.1) is 0 Å². The van der Waals surface area contributed by atoms with Gasteiger partial charge in [0, 0.05) is 0 Å². The Morgan fingerprint density at radius 1 is 0.511 bits per heavy atom. The Morgan fingerprint density at radius 2 is 0.894 bits per heavy atom. The second kappa shape index (κ2) is 18.8. The molecule has 1 unspecified atom stereocenters. The van der Waals surface area contributed by atoms with Crippen LogP contribution in [0.25, 0.3) is 11.1 Å². The van der Waals surface area contributed by atoms with Crippen LogP contribution < -0.4 is 13.7 Å². The first kappa shape index (κ1) is 35.7. The summed E-state index contributed by atoms with van der Waals surface area (Å²) in [5.41, 5.74) is 7.40. The molecular weight excluding hydrogens is 749 g/mol. The zero-order valence-corrected chi connectivity index (χ0v) is 34.1. The van der Waals surface area contributed by atoms with E-state index in [9.17, 15) is 0 Å². The predicted molar refractivity (Wildman–Crippen MR) is 205 cm³/mol. The summed E-state index contributed by atoms with van der Waals surface area (Å²) < 4.78 is 6.52. The Balaban J connectivity index is 0.000000301. The van der Waals surface area contributed by atoms with E-state index in [2.05, 4.69) is 140 Å². The molecule has 6 rings (SSSR count). The van der Waals surface area contributed by atoms with Crippen molar-refractivity contribution in [2.24, 2.45) is 5.92 Å². The molecular formula is C44H56HfNSi. The first-order valence-corrected chi connectivity index (χ1v) is 29.8. The SMILES string of the molecule is CC1=C(C)C(C)[C]([Hf]([NH]C2CCCCCCCCCC2)[SiH](c2ccccc2)c2ccccc2)=C1C.c1ccc(-c2ccccc2)cc1. The molecule has 0 amide bonds. The summed E-state index contributed by atoms with van der Waals surface area (Å²) in [6, 6.07) is 44.8. The second-order valence-electron chi connectivity index (χ2n) is 13.7. The normalized spacial score (nSPS) is 18.0. The molecule has 1 N–H and O–H groups in total. The standard InChI is InChI=1S/C12H11Si.C12H10.C11H22N.C9H13.Hf/c1-3-7-11(8-4-1)13-12-9-5-2-6-10-12;1-3-7-11(8-4-1)12-9-5-2-6-10-12;12-11-9-7-5-3-1-2-4-6-8-10-11;1-6-5-7(2)9(4)8(6)3;/h1-10,13H;1-10H;11-12H,1-10H2;6H,1-4H3;/q;;-1;;+1. The largest absolute Gasteiger partial charge is 0.0622 e. The molecule has 0 radical (unpaired) electrons. The third-order valence-electron chi connectivity index (χ3n) is 10.6. The van der Waals surface area contributed by atoms with Gasteiger partial charge < -0.3 is 0 Å². The van der Waals surface area contributed by atoms with Crippen LogP contribution in [0.5, 0.6) is 0 Å². The first-order chi connectivity index (χ1) is 23.0. The topological polar surface area (TPSA) is 12.0 Å². The number of allylic oxidation sites excluding steroid dienone is 4. The summed E-state index contributed by atoms with van der Waals surface area (Å²) in [6.07, 6.45) is 14.2. The maximum atomic E-state index is 4.62. The van der Waals surface area contributed by atoms with Gasteiger partial charge in [0.05, 0.1) is 0 Å². The van der Waals surface area contributed by atoms with Gasteiger partial charge in [0.1, 0.15) is 0 Å². The van der Waals surface area contributed by atoms with Gasteiger partial charge in [-0.3, -0.25) is 0 Å². The molecule has 0 heterocycles. The fourth-order valence-corrected chi connectivity index (χ4v) is 40.3. The molecule has 3 heteroatoms. The van der Waals surface area contributed by atoms with Crippen molar-refractivity contribution < 1.29 is 20.9 Å². The molecule has 0 bridgehead atoms. The Bertz CT molecular complexity index is 1460. The minimum Gasteiger partial charge on any atom is -0.0622 e. The molecule has 1 nitrogen and oxygen atoms in total. The minimum absolute atomic E-state index is 0.620. The number of hydrogen-bond donors (Lipinski definition) is 1. The minimum atomic E-state index is -2.48. The van der Waals surface area contributed by atoms with E-state index >= 15 is 0 Å². The summed E-state index contributed by atoms with van der Waals surface area (Å²) in [7, 11) is 0. The van der Waals surface area contributed by atoms with Crippen molar-refractivity contribution in [1.82, 2.24) is 3.30 Å². The fraction of sp³-hybridized carbons (Fsp3) is 0.364. The molecule has 1 fully saturated rings. The molecule has 2 aliphatic rings. The summed E-state index contributed by atoms with van der Waals surface area (Å²) in [5.74, 6) is -0.739. The van der Waals surface area contributed by atoms with Crippen LogP contribution in [0, 0.1) is 5.92 Å². The second-order valence-corrected chi connectivity index (χ2v) is 32.8. The zero-order valence-electron chi connectivity index (χ0n) is 29.4. The van der Waals surface area contributed by atoms with E-state index in [1.165, 1.54) is 75.3 Å². The molecule has 245 valence electrons. The average Bonchev–Trinajstić information content (AvgIpc) is 3.28. The number of nitrogens with one attached hydrogen (secondary N) is 1. The molecule has 1 saturated carbocycles. The van der Waals surface area contributed by atoms with E-state index in [0.29, 0.717) is 12.0 Å². The van der Waals surface area contributed by atoms with E-state index < -0.39 is 26.9 Å². The molecule has 47 heavy (non-hydrogen) atoms. The summed E-state index contributed by atoms with van der Waals surface area (Å²) in [4.78, 5) is 0. The Kier molecular flexibility index (Phi) is 14.3. The van der Waals surface area contributed by atoms with Crippen LogP contribution in [-0.2, 0) is 20.9 Å². The Morgan fingerprint density at radius 3 is 1.28 bits per heavy atom. The van der Waals surface area contributed by atoms with Crippen molar-refractivity contribution in [1.29, 1.82) is 0 Å². The smallest absolute Gasteiger partial charge is 0.0184 e. The van der Waals surface area contributed by atoms with Crippen LogP contribution in [0.3, 0.4) is 0 Å². The van der Waals surface area contributed by atoms with Crippen molar-refractivity contribution in [3.05, 3.63) is 141 Å². The van der Waals surface area contributed by atoms with Gasteiger partial charge >= 0.3 is 225 Å². The van der Waals surface area contributed by atoms with Crippen LogP contribution in [0.15, 0.2) is 141 Å². The number of rotatable bonds is 7. The molecule has 0 spiro atoms. The van der Waals surface area contributed by atoms with Crippen LogP contribution in [0.1, 0.15) is 91.9 Å². The van der Waals surface area contributed by atoms with E-state index in [1.54, 1.807) is 27.1 Å². The maximum Gasteiger partial charge on any atom is -0.0184 e. The number of hydrogen-bond acceptors (Lipinski definition) is 1. The zero-order chi connectivity index (χ0) is 32.8. The van der Waals surface area contributed by atoms with Gasteiger partial charge in [0.15, 0.2) is 0 Å². The van der Waals surface area contributed by atoms with Crippen molar-refractivity contribution in [3.8, 4) is 11.1 Å². The predicted octanol–water partition coefficient (Wildman–Crippen LogP) is 10.5. The Hall–Kier alpha value is -2.59. The van der Waals surface area contributed by atoms with E-state index in [0.717, 1.165) is 0 Å². The first-order valence-electron chi connectivity index (χ1n) is 18.3. The van der Waals surface area contributed by atoms with Crippen LogP contribution in [0.2, 0.25) is 0 Å². The van der Waals surface area contributed by atoms with Gasteiger partial charge in [-0.05, 0) is 11.1 Å². The molecule has 4 aromatic rings. The van der Waals surface area contributed by atoms with Crippen molar-refractivity contribution >= 4 is 16.4 Å². The Labute approximate surface area is 295 Å². The van der Waals surface area contributed by atoms with Gasteiger partial charge in [0.25, 0.3) is 0 Å². The van der Waals surface area contributed by atoms with Crippen LogP contribution in [-0.4, -0.2) is 12.0 Å². The molecule has 2 aliphatic carbocycles. The third kappa shape index (κ3) is 9.97. The van der Waals surface area contributed by atoms with Gasteiger partial charge in [0.2, 0.25) is 0 Å². The molecule has 1 atom stereocenters. The van der Waals surface area contributed by atoms with Gasteiger partial charge in [-0.2, -0.15) is 0 Å². The molecule has 0 aliphatic heterocycles. The quantitative estimate of drug-likeness (QED) is 0.184. The summed E-state index contributed by atoms with van der Waals surface area (Å²) >= 11 is -2.48. The molecule has 4 aromatic carbocycles. The van der Waals surface area contributed by atoms with Gasteiger partial charge in [-0.25, -0.2) is 0 Å². The fourth-order valence-electron chi connectivity index (χ4n) is 7.54. The monoisotopic (exact) mass is 806 g/mol. The van der Waals surface area contributed by atoms with Crippen molar-refractivity contribution in [3.63, 3.8) is 0 Å². The van der Waals surface area contributed by atoms with E-state index in [4.69, 9.17) is 0 Å². The van der Waals surface area contributed by atoms with Crippen molar-refractivity contribution in [2.45, 2.75) is 97.9 Å². The van der Waals surface area contributed by atoms with Gasteiger partial charge in [-0.1, -0.05) is 60.7 Å². The van der Waals surface area contributed by atoms with Crippen LogP contribution >= 0.6 is 0 Å². The average molecular weight is 806 g/mol. The van der Waals surface area contributed by atoms with E-state index in [1.807, 2.05) is 15.5 Å². The van der Waals surface area contributed by atoms with E-state index in [-0.39, 0.29) is 0 Å². The van der Waals surface area contributed by atoms with Crippen molar-refractivity contribution in [2.75, 3.05) is 0 Å². The third-order valence-corrected chi connectivity index (χ3v) is 38.2.